The number of nitrogens with one attached hydrogen (secondary N) is 1. The lowest BCUT2D eigenvalue weighted by molar-refractivity contribution is 0.0622. The van der Waals surface area contributed by atoms with Crippen molar-refractivity contribution in [1.29, 1.82) is 0 Å². The van der Waals surface area contributed by atoms with E-state index in [4.69, 9.17) is 16.3 Å². The van der Waals surface area contributed by atoms with Gasteiger partial charge in [0.15, 0.2) is 0 Å². The number of rotatable bonds is 4. The molecule has 1 fully saturated rings. The van der Waals surface area contributed by atoms with Crippen LogP contribution in [0.15, 0.2) is 6.33 Å². The highest BCUT2D eigenvalue weighted by Crippen LogP contribution is 2.25. The lowest BCUT2D eigenvalue weighted by Crippen LogP contribution is -2.31. The highest BCUT2D eigenvalue weighted by atomic mass is 35.5. The zero-order valence-corrected chi connectivity index (χ0v) is 11.7. The van der Waals surface area contributed by atoms with Gasteiger partial charge in [0, 0.05) is 24.8 Å². The monoisotopic (exact) mass is 269 g/mol. The van der Waals surface area contributed by atoms with Gasteiger partial charge in [-0.1, -0.05) is 18.5 Å². The predicted octanol–water partition coefficient (Wildman–Crippen LogP) is 2.92. The minimum absolute atomic E-state index is 0.380. The largest absolute Gasteiger partial charge is 0.381 e. The second-order valence-corrected chi connectivity index (χ2v) is 5.09. The van der Waals surface area contributed by atoms with Gasteiger partial charge >= 0.3 is 0 Å². The van der Waals surface area contributed by atoms with E-state index in [9.17, 15) is 0 Å². The first-order valence-corrected chi connectivity index (χ1v) is 6.93. The third-order valence-corrected chi connectivity index (χ3v) is 3.91. The summed E-state index contributed by atoms with van der Waals surface area (Å²) in [4.78, 5) is 8.33. The second-order valence-electron chi connectivity index (χ2n) is 4.73. The van der Waals surface area contributed by atoms with Gasteiger partial charge in [0.05, 0.1) is 0 Å². The highest BCUT2D eigenvalue weighted by molar-refractivity contribution is 6.30. The number of anilines is 1. The number of halogens is 1. The van der Waals surface area contributed by atoms with Crippen LogP contribution in [0.5, 0.6) is 0 Å². The van der Waals surface area contributed by atoms with Crippen LogP contribution in [-0.2, 0) is 11.2 Å². The van der Waals surface area contributed by atoms with Crippen molar-refractivity contribution < 1.29 is 4.74 Å². The summed E-state index contributed by atoms with van der Waals surface area (Å²) in [6, 6.07) is 0.380. The molecule has 0 aliphatic carbocycles. The van der Waals surface area contributed by atoms with Crippen LogP contribution in [0.25, 0.3) is 0 Å². The van der Waals surface area contributed by atoms with Crippen molar-refractivity contribution in [3.05, 3.63) is 17.0 Å². The van der Waals surface area contributed by atoms with E-state index in [-0.39, 0.29) is 0 Å². The van der Waals surface area contributed by atoms with Crippen LogP contribution >= 0.6 is 11.6 Å². The molecule has 1 aliphatic heterocycles. The fourth-order valence-corrected chi connectivity index (χ4v) is 2.64. The van der Waals surface area contributed by atoms with E-state index in [0.717, 1.165) is 43.9 Å². The molecule has 0 saturated carbocycles. The Bertz CT molecular complexity index is 394. The van der Waals surface area contributed by atoms with Gasteiger partial charge in [0.25, 0.3) is 0 Å². The normalized spacial score (nSPS) is 18.6. The van der Waals surface area contributed by atoms with Gasteiger partial charge in [-0.2, -0.15) is 0 Å². The molecular weight excluding hydrogens is 250 g/mol. The van der Waals surface area contributed by atoms with Crippen LogP contribution in [0.1, 0.15) is 32.3 Å². The van der Waals surface area contributed by atoms with Crippen LogP contribution in [0.4, 0.5) is 5.82 Å². The Labute approximate surface area is 113 Å². The molecule has 0 aromatic carbocycles. The molecule has 5 heteroatoms. The SMILES string of the molecule is CCc1c(Cl)ncnc1NC(C)C1CCOCC1. The molecule has 1 saturated heterocycles. The third kappa shape index (κ3) is 3.12. The standard InChI is InChI=1S/C13H20ClN3O/c1-3-11-12(14)15-8-16-13(11)17-9(2)10-4-6-18-7-5-10/h8-10H,3-7H2,1-2H3,(H,15,16,17). The number of hydrogen-bond acceptors (Lipinski definition) is 4. The molecule has 0 spiro atoms. The van der Waals surface area contributed by atoms with Crippen molar-refractivity contribution in [2.24, 2.45) is 5.92 Å². The summed E-state index contributed by atoms with van der Waals surface area (Å²) in [7, 11) is 0. The van der Waals surface area contributed by atoms with Crippen LogP contribution in [0.2, 0.25) is 5.15 Å². The first kappa shape index (κ1) is 13.6. The maximum absolute atomic E-state index is 6.09. The topological polar surface area (TPSA) is 47.0 Å². The van der Waals surface area contributed by atoms with E-state index in [1.54, 1.807) is 0 Å². The number of nitrogens with zero attached hydrogens (tertiary/aromatic N) is 2. The Morgan fingerprint density at radius 2 is 2.17 bits per heavy atom. The number of ether oxygens (including phenoxy) is 1. The Hall–Kier alpha value is -0.870. The molecule has 4 nitrogen and oxygen atoms in total. The van der Waals surface area contributed by atoms with E-state index in [1.165, 1.54) is 6.33 Å². The van der Waals surface area contributed by atoms with Gasteiger partial charge in [0.2, 0.25) is 0 Å². The zero-order valence-electron chi connectivity index (χ0n) is 10.9. The first-order valence-electron chi connectivity index (χ1n) is 6.56. The van der Waals surface area contributed by atoms with Gasteiger partial charge < -0.3 is 10.1 Å². The molecule has 1 N–H and O–H groups in total. The lowest BCUT2D eigenvalue weighted by Gasteiger charge is -2.29. The molecule has 1 aromatic heterocycles. The second kappa shape index (κ2) is 6.34. The molecule has 100 valence electrons. The van der Waals surface area contributed by atoms with E-state index in [2.05, 4.69) is 29.1 Å². The maximum atomic E-state index is 6.09. The summed E-state index contributed by atoms with van der Waals surface area (Å²) in [5.74, 6) is 1.51. The molecular formula is C13H20ClN3O. The highest BCUT2D eigenvalue weighted by Gasteiger charge is 2.21. The Morgan fingerprint density at radius 3 is 2.83 bits per heavy atom. The first-order chi connectivity index (χ1) is 8.72. The van der Waals surface area contributed by atoms with E-state index >= 15 is 0 Å². The van der Waals surface area contributed by atoms with Gasteiger partial charge in [0.1, 0.15) is 17.3 Å². The summed E-state index contributed by atoms with van der Waals surface area (Å²) >= 11 is 6.09. The van der Waals surface area contributed by atoms with E-state index in [0.29, 0.717) is 17.1 Å². The molecule has 1 atom stereocenters. The Morgan fingerprint density at radius 1 is 1.44 bits per heavy atom. The molecule has 2 rings (SSSR count). The molecule has 0 radical (unpaired) electrons. The van der Waals surface area contributed by atoms with E-state index in [1.807, 2.05) is 0 Å². The lowest BCUT2D eigenvalue weighted by atomic mass is 9.93. The maximum Gasteiger partial charge on any atom is 0.137 e. The molecule has 1 aromatic rings. The van der Waals surface area contributed by atoms with Crippen molar-refractivity contribution in [3.63, 3.8) is 0 Å². The van der Waals surface area contributed by atoms with Gasteiger partial charge in [-0.05, 0) is 32.1 Å². The third-order valence-electron chi connectivity index (χ3n) is 3.58. The summed E-state index contributed by atoms with van der Waals surface area (Å²) in [5.41, 5.74) is 0.998. The Kier molecular flexibility index (Phi) is 4.78. The minimum Gasteiger partial charge on any atom is -0.381 e. The smallest absolute Gasteiger partial charge is 0.137 e. The molecule has 1 aliphatic rings. The fraction of sp³-hybridized carbons (Fsp3) is 0.692. The van der Waals surface area contributed by atoms with Gasteiger partial charge in [-0.25, -0.2) is 9.97 Å². The summed E-state index contributed by atoms with van der Waals surface area (Å²) < 4.78 is 5.39. The quantitative estimate of drug-likeness (QED) is 0.854. The van der Waals surface area contributed by atoms with Crippen molar-refractivity contribution >= 4 is 17.4 Å². The average molecular weight is 270 g/mol. The molecule has 2 heterocycles. The van der Waals surface area contributed by atoms with Crippen molar-refractivity contribution in [3.8, 4) is 0 Å². The molecule has 18 heavy (non-hydrogen) atoms. The van der Waals surface area contributed by atoms with Crippen LogP contribution in [-0.4, -0.2) is 29.2 Å². The van der Waals surface area contributed by atoms with Crippen molar-refractivity contribution in [2.45, 2.75) is 39.2 Å². The fourth-order valence-electron chi connectivity index (χ4n) is 2.38. The number of aromatic nitrogens is 2. The van der Waals surface area contributed by atoms with Crippen LogP contribution < -0.4 is 5.32 Å². The summed E-state index contributed by atoms with van der Waals surface area (Å²) in [6.45, 7) is 5.99. The summed E-state index contributed by atoms with van der Waals surface area (Å²) in [5, 5.41) is 4.03. The van der Waals surface area contributed by atoms with Crippen molar-refractivity contribution in [2.75, 3.05) is 18.5 Å². The van der Waals surface area contributed by atoms with Crippen LogP contribution in [0.3, 0.4) is 0 Å². The Balaban J connectivity index is 2.06. The summed E-state index contributed by atoms with van der Waals surface area (Å²) in [6.07, 6.45) is 4.56. The minimum atomic E-state index is 0.380. The van der Waals surface area contributed by atoms with E-state index < -0.39 is 0 Å². The average Bonchev–Trinajstić information content (AvgIpc) is 2.40. The molecule has 0 amide bonds. The molecule has 0 bridgehead atoms. The van der Waals surface area contributed by atoms with Crippen LogP contribution in [0, 0.1) is 5.92 Å². The van der Waals surface area contributed by atoms with Crippen molar-refractivity contribution in [1.82, 2.24) is 9.97 Å². The number of hydrogen-bond donors (Lipinski definition) is 1. The molecule has 1 unspecified atom stereocenters. The van der Waals surface area contributed by atoms with Gasteiger partial charge in [-0.3, -0.25) is 0 Å². The van der Waals surface area contributed by atoms with Gasteiger partial charge in [-0.15, -0.1) is 0 Å². The zero-order chi connectivity index (χ0) is 13.0. The predicted molar refractivity (Wildman–Crippen MR) is 73.0 cm³/mol.